The second kappa shape index (κ2) is 4.53. The Morgan fingerprint density at radius 3 is 2.26 bits per heavy atom. The SMILES string of the molecule is O=C(O)C1(CNS(=O)(=O)c2c(F)cccc2F)CC1. The highest BCUT2D eigenvalue weighted by Crippen LogP contribution is 2.45. The van der Waals surface area contributed by atoms with Gasteiger partial charge in [0.25, 0.3) is 0 Å². The molecule has 8 heteroatoms. The smallest absolute Gasteiger partial charge is 0.310 e. The van der Waals surface area contributed by atoms with E-state index in [0.29, 0.717) is 12.8 Å². The second-order valence-corrected chi connectivity index (χ2v) is 6.16. The van der Waals surface area contributed by atoms with Crippen LogP contribution in [0.25, 0.3) is 0 Å². The summed E-state index contributed by atoms with van der Waals surface area (Å²) >= 11 is 0. The molecule has 0 bridgehead atoms. The van der Waals surface area contributed by atoms with E-state index in [1.54, 1.807) is 0 Å². The molecule has 1 aliphatic carbocycles. The van der Waals surface area contributed by atoms with Crippen LogP contribution in [0.5, 0.6) is 0 Å². The molecule has 5 nitrogen and oxygen atoms in total. The molecule has 19 heavy (non-hydrogen) atoms. The van der Waals surface area contributed by atoms with E-state index in [0.717, 1.165) is 18.2 Å². The fourth-order valence-corrected chi connectivity index (χ4v) is 2.92. The zero-order valence-electron chi connectivity index (χ0n) is 9.69. The van der Waals surface area contributed by atoms with Crippen molar-refractivity contribution >= 4 is 16.0 Å². The number of carboxylic acid groups (broad SMARTS) is 1. The van der Waals surface area contributed by atoms with E-state index < -0.39 is 37.9 Å². The Balaban J connectivity index is 2.22. The molecule has 0 aromatic heterocycles. The molecule has 1 fully saturated rings. The van der Waals surface area contributed by atoms with Gasteiger partial charge in [0, 0.05) is 6.54 Å². The maximum absolute atomic E-state index is 13.4. The van der Waals surface area contributed by atoms with Crippen molar-refractivity contribution in [3.05, 3.63) is 29.8 Å². The van der Waals surface area contributed by atoms with Gasteiger partial charge in [0.1, 0.15) is 11.6 Å². The molecule has 0 amide bonds. The molecule has 0 spiro atoms. The minimum absolute atomic E-state index is 0.338. The summed E-state index contributed by atoms with van der Waals surface area (Å²) in [5, 5.41) is 8.90. The van der Waals surface area contributed by atoms with Crippen molar-refractivity contribution in [3.8, 4) is 0 Å². The summed E-state index contributed by atoms with van der Waals surface area (Å²) in [6.07, 6.45) is 0.676. The molecule has 104 valence electrons. The molecule has 0 radical (unpaired) electrons. The zero-order valence-corrected chi connectivity index (χ0v) is 10.5. The number of hydrogen-bond acceptors (Lipinski definition) is 3. The van der Waals surface area contributed by atoms with Crippen molar-refractivity contribution in [1.82, 2.24) is 4.72 Å². The summed E-state index contributed by atoms with van der Waals surface area (Å²) < 4.78 is 52.3. The number of rotatable bonds is 5. The van der Waals surface area contributed by atoms with Crippen molar-refractivity contribution in [2.24, 2.45) is 5.41 Å². The van der Waals surface area contributed by atoms with Crippen LogP contribution in [0.15, 0.2) is 23.1 Å². The van der Waals surface area contributed by atoms with Gasteiger partial charge in [-0.1, -0.05) is 6.07 Å². The highest BCUT2D eigenvalue weighted by Gasteiger charge is 2.50. The maximum atomic E-state index is 13.4. The Labute approximate surface area is 108 Å². The van der Waals surface area contributed by atoms with E-state index in [1.807, 2.05) is 4.72 Å². The molecule has 1 aromatic rings. The average Bonchev–Trinajstić information content (AvgIpc) is 3.07. The summed E-state index contributed by atoms with van der Waals surface area (Å²) in [5.74, 6) is -3.55. The molecule has 0 unspecified atom stereocenters. The Morgan fingerprint density at radius 1 is 1.32 bits per heavy atom. The lowest BCUT2D eigenvalue weighted by atomic mass is 10.1. The molecular formula is C11H11F2NO4S. The van der Waals surface area contributed by atoms with Gasteiger partial charge in [0.15, 0.2) is 4.90 Å². The fraction of sp³-hybridized carbons (Fsp3) is 0.364. The first-order chi connectivity index (χ1) is 8.78. The standard InChI is InChI=1S/C11H11F2NO4S/c12-7-2-1-3-8(13)9(7)19(17,18)14-6-11(4-5-11)10(15)16/h1-3,14H,4-6H2,(H,15,16). The third-order valence-corrected chi connectivity index (χ3v) is 4.55. The van der Waals surface area contributed by atoms with Gasteiger partial charge in [-0.25, -0.2) is 21.9 Å². The van der Waals surface area contributed by atoms with Gasteiger partial charge in [-0.15, -0.1) is 0 Å². The van der Waals surface area contributed by atoms with E-state index in [2.05, 4.69) is 0 Å². The van der Waals surface area contributed by atoms with Crippen molar-refractivity contribution in [1.29, 1.82) is 0 Å². The number of nitrogens with one attached hydrogen (secondary N) is 1. The van der Waals surface area contributed by atoms with Gasteiger partial charge >= 0.3 is 5.97 Å². The Kier molecular flexibility index (Phi) is 3.31. The number of hydrogen-bond donors (Lipinski definition) is 2. The molecular weight excluding hydrogens is 280 g/mol. The van der Waals surface area contributed by atoms with E-state index in [-0.39, 0.29) is 6.54 Å². The molecule has 0 heterocycles. The topological polar surface area (TPSA) is 83.5 Å². The van der Waals surface area contributed by atoms with E-state index in [9.17, 15) is 22.0 Å². The van der Waals surface area contributed by atoms with E-state index in [1.165, 1.54) is 0 Å². The van der Waals surface area contributed by atoms with Crippen molar-refractivity contribution in [2.75, 3.05) is 6.54 Å². The molecule has 0 aliphatic heterocycles. The van der Waals surface area contributed by atoms with Crippen LogP contribution in [0, 0.1) is 17.0 Å². The molecule has 2 rings (SSSR count). The van der Waals surface area contributed by atoms with Crippen LogP contribution < -0.4 is 4.72 Å². The summed E-state index contributed by atoms with van der Waals surface area (Å²) in [4.78, 5) is 9.80. The summed E-state index contributed by atoms with van der Waals surface area (Å²) in [5.41, 5.74) is -1.14. The van der Waals surface area contributed by atoms with E-state index >= 15 is 0 Å². The molecule has 1 aromatic carbocycles. The van der Waals surface area contributed by atoms with Gasteiger partial charge in [0.2, 0.25) is 10.0 Å². The first kappa shape index (κ1) is 13.9. The van der Waals surface area contributed by atoms with Crippen molar-refractivity contribution < 1.29 is 27.1 Å². The minimum Gasteiger partial charge on any atom is -0.481 e. The van der Waals surface area contributed by atoms with Gasteiger partial charge in [-0.3, -0.25) is 4.79 Å². The van der Waals surface area contributed by atoms with Gasteiger partial charge in [-0.2, -0.15) is 0 Å². The summed E-state index contributed by atoms with van der Waals surface area (Å²) in [6, 6.07) is 2.69. The predicted molar refractivity (Wildman–Crippen MR) is 60.8 cm³/mol. The largest absolute Gasteiger partial charge is 0.481 e. The Bertz CT molecular complexity index is 605. The lowest BCUT2D eigenvalue weighted by molar-refractivity contribution is -0.143. The third kappa shape index (κ3) is 2.59. The minimum atomic E-state index is -4.41. The van der Waals surface area contributed by atoms with E-state index in [4.69, 9.17) is 5.11 Å². The molecule has 0 atom stereocenters. The molecule has 2 N–H and O–H groups in total. The highest BCUT2D eigenvalue weighted by atomic mass is 32.2. The first-order valence-electron chi connectivity index (χ1n) is 5.46. The van der Waals surface area contributed by atoms with Crippen LogP contribution >= 0.6 is 0 Å². The van der Waals surface area contributed by atoms with Crippen molar-refractivity contribution in [3.63, 3.8) is 0 Å². The Morgan fingerprint density at radius 2 is 1.84 bits per heavy atom. The van der Waals surface area contributed by atoms with Crippen LogP contribution in [-0.4, -0.2) is 26.0 Å². The maximum Gasteiger partial charge on any atom is 0.310 e. The van der Waals surface area contributed by atoms with Crippen LogP contribution in [0.4, 0.5) is 8.78 Å². The Hall–Kier alpha value is -1.54. The summed E-state index contributed by atoms with van der Waals surface area (Å²) in [7, 11) is -4.41. The van der Waals surface area contributed by atoms with Crippen LogP contribution in [0.1, 0.15) is 12.8 Å². The lowest BCUT2D eigenvalue weighted by Crippen LogP contribution is -2.35. The molecule has 1 aliphatic rings. The van der Waals surface area contributed by atoms with Gasteiger partial charge in [-0.05, 0) is 25.0 Å². The van der Waals surface area contributed by atoms with Crippen molar-refractivity contribution in [2.45, 2.75) is 17.7 Å². The zero-order chi connectivity index (χ0) is 14.3. The normalized spacial score (nSPS) is 17.2. The highest BCUT2D eigenvalue weighted by molar-refractivity contribution is 7.89. The third-order valence-electron chi connectivity index (χ3n) is 3.10. The monoisotopic (exact) mass is 291 g/mol. The average molecular weight is 291 g/mol. The molecule has 1 saturated carbocycles. The number of halogens is 2. The lowest BCUT2D eigenvalue weighted by Gasteiger charge is -2.12. The first-order valence-corrected chi connectivity index (χ1v) is 6.94. The van der Waals surface area contributed by atoms with Crippen LogP contribution in [0.3, 0.4) is 0 Å². The number of sulfonamides is 1. The summed E-state index contributed by atoms with van der Waals surface area (Å²) in [6.45, 7) is -0.377. The number of aliphatic carboxylic acids is 1. The number of carboxylic acids is 1. The predicted octanol–water partition coefficient (Wildman–Crippen LogP) is 1.11. The van der Waals surface area contributed by atoms with Crippen LogP contribution in [-0.2, 0) is 14.8 Å². The van der Waals surface area contributed by atoms with Crippen LogP contribution in [0.2, 0.25) is 0 Å². The second-order valence-electron chi connectivity index (χ2n) is 4.46. The number of benzene rings is 1. The number of carbonyl (C=O) groups is 1. The van der Waals surface area contributed by atoms with Gasteiger partial charge < -0.3 is 5.11 Å². The fourth-order valence-electron chi connectivity index (χ4n) is 1.66. The molecule has 0 saturated heterocycles. The quantitative estimate of drug-likeness (QED) is 0.851. The van der Waals surface area contributed by atoms with Gasteiger partial charge in [0.05, 0.1) is 5.41 Å².